The van der Waals surface area contributed by atoms with E-state index in [1.807, 2.05) is 31.2 Å². The summed E-state index contributed by atoms with van der Waals surface area (Å²) in [4.78, 5) is 4.28. The molecule has 28 heavy (non-hydrogen) atoms. The molecule has 1 aromatic carbocycles. The maximum Gasteiger partial charge on any atom is 0.233 e. The number of benzene rings is 1. The molecule has 0 saturated carbocycles. The lowest BCUT2D eigenvalue weighted by Crippen LogP contribution is -2.43. The molecule has 0 aliphatic carbocycles. The third-order valence-corrected chi connectivity index (χ3v) is 6.14. The molecular weight excluding hydrogens is 352 g/mol. The summed E-state index contributed by atoms with van der Waals surface area (Å²) >= 11 is 0. The minimum atomic E-state index is 0.176. The predicted molar refractivity (Wildman–Crippen MR) is 107 cm³/mol. The molecule has 2 aliphatic rings. The lowest BCUT2D eigenvalue weighted by atomic mass is 9.99. The molecule has 2 aromatic heterocycles. The number of pyridine rings is 1. The van der Waals surface area contributed by atoms with Gasteiger partial charge in [0.2, 0.25) is 5.88 Å². The maximum atomic E-state index is 10.5. The van der Waals surface area contributed by atoms with Gasteiger partial charge in [-0.05, 0) is 61.8 Å². The third-order valence-electron chi connectivity index (χ3n) is 6.14. The van der Waals surface area contributed by atoms with Gasteiger partial charge in [0, 0.05) is 41.0 Å². The Bertz CT molecular complexity index is 1020. The topological polar surface area (TPSA) is 80.2 Å². The van der Waals surface area contributed by atoms with E-state index in [2.05, 4.69) is 27.4 Å². The predicted octanol–water partition coefficient (Wildman–Crippen LogP) is 3.61. The molecule has 6 nitrogen and oxygen atoms in total. The van der Waals surface area contributed by atoms with E-state index in [9.17, 15) is 5.11 Å². The second kappa shape index (κ2) is 6.71. The molecule has 2 aliphatic heterocycles. The van der Waals surface area contributed by atoms with Crippen LogP contribution in [0, 0.1) is 12.8 Å². The molecule has 2 fully saturated rings. The van der Waals surface area contributed by atoms with Gasteiger partial charge in [0.1, 0.15) is 11.9 Å². The van der Waals surface area contributed by atoms with Crippen molar-refractivity contribution in [2.24, 2.45) is 5.92 Å². The Labute approximate surface area is 164 Å². The molecule has 0 spiro atoms. The smallest absolute Gasteiger partial charge is 0.233 e. The Balaban J connectivity index is 1.37. The zero-order chi connectivity index (χ0) is 19.3. The lowest BCUT2D eigenvalue weighted by Gasteiger charge is -2.29. The first-order valence-electron chi connectivity index (χ1n) is 9.92. The minimum absolute atomic E-state index is 0.176. The van der Waals surface area contributed by atoms with Crippen LogP contribution in [0.5, 0.6) is 11.6 Å². The van der Waals surface area contributed by atoms with Crippen LogP contribution in [0.4, 0.5) is 0 Å². The van der Waals surface area contributed by atoms with E-state index in [1.165, 1.54) is 6.42 Å². The second-order valence-corrected chi connectivity index (χ2v) is 8.14. The van der Waals surface area contributed by atoms with Crippen LogP contribution in [0.2, 0.25) is 0 Å². The van der Waals surface area contributed by atoms with Gasteiger partial charge in [-0.1, -0.05) is 6.92 Å². The number of hydrogen-bond donors (Lipinski definition) is 2. The number of ether oxygens (including phenoxy) is 1. The second-order valence-electron chi connectivity index (χ2n) is 8.14. The summed E-state index contributed by atoms with van der Waals surface area (Å²) in [5, 5.41) is 24.7. The number of phenolic OH excluding ortho intramolecular Hbond substituents is 1. The van der Waals surface area contributed by atoms with Crippen LogP contribution in [0.15, 0.2) is 36.5 Å². The molecule has 3 aromatic rings. The first kappa shape index (κ1) is 17.4. The van der Waals surface area contributed by atoms with Crippen molar-refractivity contribution in [3.63, 3.8) is 0 Å². The molecule has 6 heteroatoms. The van der Waals surface area contributed by atoms with Crippen molar-refractivity contribution < 1.29 is 9.84 Å². The van der Waals surface area contributed by atoms with Gasteiger partial charge >= 0.3 is 0 Å². The van der Waals surface area contributed by atoms with Crippen molar-refractivity contribution in [2.45, 2.75) is 51.3 Å². The van der Waals surface area contributed by atoms with Crippen molar-refractivity contribution in [1.29, 1.82) is 0 Å². The number of fused-ring (bicyclic) bond motifs is 3. The van der Waals surface area contributed by atoms with E-state index in [0.717, 1.165) is 29.3 Å². The highest BCUT2D eigenvalue weighted by Gasteiger charge is 2.39. The van der Waals surface area contributed by atoms with Gasteiger partial charge in [-0.3, -0.25) is 4.98 Å². The fourth-order valence-corrected chi connectivity index (χ4v) is 4.66. The average Bonchev–Trinajstić information content (AvgIpc) is 2.94. The third kappa shape index (κ3) is 3.07. The summed E-state index contributed by atoms with van der Waals surface area (Å²) < 4.78 is 6.11. The number of hydrogen-bond acceptors (Lipinski definition) is 6. The Morgan fingerprint density at radius 3 is 2.79 bits per heavy atom. The zero-order valence-electron chi connectivity index (χ0n) is 16.1. The molecule has 0 amide bonds. The average molecular weight is 376 g/mol. The molecule has 4 atom stereocenters. The van der Waals surface area contributed by atoms with Crippen LogP contribution in [0.3, 0.4) is 0 Å². The van der Waals surface area contributed by atoms with Gasteiger partial charge in [0.25, 0.3) is 0 Å². The number of piperidine rings is 1. The number of nitrogens with one attached hydrogen (secondary N) is 1. The van der Waals surface area contributed by atoms with Gasteiger partial charge in [-0.15, -0.1) is 10.2 Å². The van der Waals surface area contributed by atoms with E-state index < -0.39 is 0 Å². The summed E-state index contributed by atoms with van der Waals surface area (Å²) in [6.45, 7) is 4.24. The normalized spacial score (nSPS) is 26.5. The summed E-state index contributed by atoms with van der Waals surface area (Å²) in [5.41, 5.74) is 2.17. The van der Waals surface area contributed by atoms with Crippen molar-refractivity contribution in [1.82, 2.24) is 20.5 Å². The Morgan fingerprint density at radius 1 is 1.11 bits per heavy atom. The first-order valence-corrected chi connectivity index (χ1v) is 9.92. The fourth-order valence-electron chi connectivity index (χ4n) is 4.66. The molecule has 2 saturated heterocycles. The summed E-state index contributed by atoms with van der Waals surface area (Å²) in [7, 11) is 0. The van der Waals surface area contributed by atoms with E-state index in [0.29, 0.717) is 35.1 Å². The highest BCUT2D eigenvalue weighted by molar-refractivity contribution is 5.91. The minimum Gasteiger partial charge on any atom is -0.507 e. The molecule has 2 N–H and O–H groups in total. The molecule has 4 heterocycles. The van der Waals surface area contributed by atoms with Gasteiger partial charge in [-0.25, -0.2) is 0 Å². The number of aromatic hydroxyl groups is 1. The number of rotatable bonds is 3. The molecule has 3 unspecified atom stereocenters. The molecule has 0 radical (unpaired) electrons. The highest BCUT2D eigenvalue weighted by Crippen LogP contribution is 2.35. The van der Waals surface area contributed by atoms with Gasteiger partial charge in [0.05, 0.1) is 5.69 Å². The SMILES string of the molecule is Cc1nccc2cc(-c3ccc(O[C@H]4CC5CC(C)C(C4)N5)nn3)c(O)cc12. The number of aryl methyl sites for hydroxylation is 1. The van der Waals surface area contributed by atoms with Crippen molar-refractivity contribution in [3.8, 4) is 22.9 Å². The number of phenols is 1. The van der Waals surface area contributed by atoms with Crippen LogP contribution >= 0.6 is 0 Å². The van der Waals surface area contributed by atoms with Crippen LogP contribution in [-0.4, -0.2) is 38.5 Å². The van der Waals surface area contributed by atoms with E-state index >= 15 is 0 Å². The first-order chi connectivity index (χ1) is 13.6. The standard InChI is InChI=1S/C22H24N4O2/c1-12-7-15-9-16(10-20(12)24-15)28-22-4-3-19(25-26-22)18-8-14-5-6-23-13(2)17(14)11-21(18)27/h3-6,8,11-12,15-16,20,24,27H,7,9-10H2,1-2H3/t12?,15?,16-,20?/m0/s1. The Kier molecular flexibility index (Phi) is 4.16. The fraction of sp³-hybridized carbons (Fsp3) is 0.409. The Morgan fingerprint density at radius 2 is 2.00 bits per heavy atom. The van der Waals surface area contributed by atoms with Gasteiger partial charge in [0.15, 0.2) is 0 Å². The molecule has 5 rings (SSSR count). The summed E-state index contributed by atoms with van der Waals surface area (Å²) in [5.74, 6) is 1.43. The van der Waals surface area contributed by atoms with Gasteiger partial charge < -0.3 is 15.2 Å². The number of aromatic nitrogens is 3. The largest absolute Gasteiger partial charge is 0.507 e. The molecule has 2 bridgehead atoms. The quantitative estimate of drug-likeness (QED) is 0.727. The van der Waals surface area contributed by atoms with Crippen molar-refractivity contribution in [3.05, 3.63) is 42.2 Å². The summed E-state index contributed by atoms with van der Waals surface area (Å²) in [6.07, 6.45) is 5.22. The van der Waals surface area contributed by atoms with E-state index in [1.54, 1.807) is 12.3 Å². The highest BCUT2D eigenvalue weighted by atomic mass is 16.5. The van der Waals surface area contributed by atoms with E-state index in [-0.39, 0.29) is 11.9 Å². The molecule has 144 valence electrons. The summed E-state index contributed by atoms with van der Waals surface area (Å²) in [6, 6.07) is 10.4. The van der Waals surface area contributed by atoms with Crippen molar-refractivity contribution >= 4 is 10.8 Å². The lowest BCUT2D eigenvalue weighted by molar-refractivity contribution is 0.127. The number of nitrogens with zero attached hydrogens (tertiary/aromatic N) is 3. The van der Waals surface area contributed by atoms with Crippen LogP contribution in [-0.2, 0) is 0 Å². The Hall–Kier alpha value is -2.73. The molecular formula is C22H24N4O2. The van der Waals surface area contributed by atoms with Crippen LogP contribution < -0.4 is 10.1 Å². The van der Waals surface area contributed by atoms with Crippen molar-refractivity contribution in [2.75, 3.05) is 0 Å². The van der Waals surface area contributed by atoms with Crippen LogP contribution in [0.25, 0.3) is 22.0 Å². The maximum absolute atomic E-state index is 10.5. The van der Waals surface area contributed by atoms with Crippen LogP contribution in [0.1, 0.15) is 31.9 Å². The monoisotopic (exact) mass is 376 g/mol. The zero-order valence-corrected chi connectivity index (χ0v) is 16.1. The van der Waals surface area contributed by atoms with Gasteiger partial charge in [-0.2, -0.15) is 0 Å². The van der Waals surface area contributed by atoms with E-state index in [4.69, 9.17) is 4.74 Å².